The molecule has 16 heavy (non-hydrogen) atoms. The second-order valence-corrected chi connectivity index (χ2v) is 3.16. The van der Waals surface area contributed by atoms with Gasteiger partial charge in [-0.3, -0.25) is 4.79 Å². The predicted molar refractivity (Wildman–Crippen MR) is 55.7 cm³/mol. The van der Waals surface area contributed by atoms with E-state index in [1.807, 2.05) is 0 Å². The number of hydrogen-bond donors (Lipinski definition) is 2. The van der Waals surface area contributed by atoms with Gasteiger partial charge in [-0.2, -0.15) is 0 Å². The van der Waals surface area contributed by atoms with Crippen molar-refractivity contribution >= 4 is 17.7 Å². The maximum absolute atomic E-state index is 13.1. The topological polar surface area (TPSA) is 69.6 Å². The van der Waals surface area contributed by atoms with Crippen molar-refractivity contribution in [3.8, 4) is 0 Å². The van der Waals surface area contributed by atoms with Crippen LogP contribution in [0.2, 0.25) is 0 Å². The van der Waals surface area contributed by atoms with Gasteiger partial charge in [0.05, 0.1) is 5.69 Å². The molecule has 0 heterocycles. The summed E-state index contributed by atoms with van der Waals surface area (Å²) in [6.07, 6.45) is 0. The summed E-state index contributed by atoms with van der Waals surface area (Å²) >= 11 is 0. The van der Waals surface area contributed by atoms with Crippen LogP contribution < -0.4 is 5.32 Å². The molecule has 0 aliphatic rings. The zero-order valence-electron chi connectivity index (χ0n) is 8.61. The first-order valence-electron chi connectivity index (χ1n) is 4.49. The Morgan fingerprint density at radius 1 is 1.44 bits per heavy atom. The molecule has 0 saturated carbocycles. The van der Waals surface area contributed by atoms with Gasteiger partial charge in [-0.05, 0) is 12.1 Å². The molecule has 0 saturated heterocycles. The van der Waals surface area contributed by atoms with Gasteiger partial charge >= 0.3 is 12.0 Å². The van der Waals surface area contributed by atoms with Crippen LogP contribution in [-0.2, 0) is 4.79 Å². The molecule has 6 heteroatoms. The lowest BCUT2D eigenvalue weighted by molar-refractivity contribution is -0.137. The quantitative estimate of drug-likeness (QED) is 0.817. The monoisotopic (exact) mass is 226 g/mol. The van der Waals surface area contributed by atoms with E-state index in [2.05, 4.69) is 5.32 Å². The number of nitrogens with one attached hydrogen (secondary N) is 1. The fourth-order valence-electron chi connectivity index (χ4n) is 1.05. The summed E-state index contributed by atoms with van der Waals surface area (Å²) < 4.78 is 13.1. The Labute approximate surface area is 91.5 Å². The van der Waals surface area contributed by atoms with Gasteiger partial charge < -0.3 is 15.3 Å². The van der Waals surface area contributed by atoms with E-state index < -0.39 is 24.4 Å². The number of amides is 2. The van der Waals surface area contributed by atoms with Gasteiger partial charge in [-0.1, -0.05) is 12.1 Å². The number of carboxylic acids is 1. The van der Waals surface area contributed by atoms with Crippen molar-refractivity contribution in [2.45, 2.75) is 0 Å². The van der Waals surface area contributed by atoms with Gasteiger partial charge in [0.1, 0.15) is 12.4 Å². The largest absolute Gasteiger partial charge is 0.480 e. The number of likely N-dealkylation sites (N-methyl/N-ethyl adjacent to an activating group) is 1. The van der Waals surface area contributed by atoms with Gasteiger partial charge in [0.15, 0.2) is 0 Å². The number of anilines is 1. The first-order chi connectivity index (χ1) is 7.50. The number of carboxylic acid groups (broad SMARTS) is 1. The molecule has 2 amide bonds. The van der Waals surface area contributed by atoms with Crippen molar-refractivity contribution in [2.24, 2.45) is 0 Å². The van der Waals surface area contributed by atoms with Crippen LogP contribution in [-0.4, -0.2) is 35.6 Å². The summed E-state index contributed by atoms with van der Waals surface area (Å²) in [5.74, 6) is -1.70. The number of carbonyl (C=O) groups excluding carboxylic acids is 1. The molecule has 0 aliphatic carbocycles. The molecule has 0 spiro atoms. The van der Waals surface area contributed by atoms with Crippen LogP contribution in [0.15, 0.2) is 24.3 Å². The Morgan fingerprint density at radius 2 is 2.06 bits per heavy atom. The second-order valence-electron chi connectivity index (χ2n) is 3.16. The van der Waals surface area contributed by atoms with Gasteiger partial charge in [-0.25, -0.2) is 9.18 Å². The first-order valence-corrected chi connectivity index (χ1v) is 4.49. The summed E-state index contributed by atoms with van der Waals surface area (Å²) in [4.78, 5) is 22.7. The van der Waals surface area contributed by atoms with Gasteiger partial charge in [-0.15, -0.1) is 0 Å². The third kappa shape index (κ3) is 3.23. The molecular weight excluding hydrogens is 215 g/mol. The number of hydrogen-bond acceptors (Lipinski definition) is 2. The summed E-state index contributed by atoms with van der Waals surface area (Å²) in [6.45, 7) is -0.444. The van der Waals surface area contributed by atoms with Crippen LogP contribution in [0, 0.1) is 5.82 Å². The molecular formula is C10H11FN2O3. The lowest BCUT2D eigenvalue weighted by atomic mass is 10.3. The van der Waals surface area contributed by atoms with E-state index >= 15 is 0 Å². The molecule has 0 fully saturated rings. The average molecular weight is 226 g/mol. The minimum atomic E-state index is -1.13. The summed E-state index contributed by atoms with van der Waals surface area (Å²) in [5, 5.41) is 10.7. The highest BCUT2D eigenvalue weighted by Gasteiger charge is 2.13. The SMILES string of the molecule is CN(CC(=O)O)C(=O)Nc1ccccc1F. The maximum atomic E-state index is 13.1. The van der Waals surface area contributed by atoms with E-state index in [0.717, 1.165) is 4.90 Å². The van der Waals surface area contributed by atoms with Crippen LogP contribution in [0.5, 0.6) is 0 Å². The maximum Gasteiger partial charge on any atom is 0.323 e. The number of aliphatic carboxylic acids is 1. The fraction of sp³-hybridized carbons (Fsp3) is 0.200. The summed E-state index contributed by atoms with van der Waals surface area (Å²) in [7, 11) is 1.31. The van der Waals surface area contributed by atoms with Gasteiger partial charge in [0.2, 0.25) is 0 Å². The second kappa shape index (κ2) is 5.11. The molecule has 0 atom stereocenters. The lowest BCUT2D eigenvalue weighted by Gasteiger charge is -2.15. The first kappa shape index (κ1) is 12.0. The van der Waals surface area contributed by atoms with Gasteiger partial charge in [0.25, 0.3) is 0 Å². The fourth-order valence-corrected chi connectivity index (χ4v) is 1.05. The Kier molecular flexibility index (Phi) is 3.82. The smallest absolute Gasteiger partial charge is 0.323 e. The third-order valence-electron chi connectivity index (χ3n) is 1.83. The highest BCUT2D eigenvalue weighted by molar-refractivity contribution is 5.91. The number of carbonyl (C=O) groups is 2. The van der Waals surface area contributed by atoms with Crippen LogP contribution in [0.3, 0.4) is 0 Å². The number of halogens is 1. The Hall–Kier alpha value is -2.11. The number of urea groups is 1. The van der Waals surface area contributed by atoms with Crippen molar-refractivity contribution in [3.05, 3.63) is 30.1 Å². The zero-order valence-corrected chi connectivity index (χ0v) is 8.61. The van der Waals surface area contributed by atoms with Crippen molar-refractivity contribution in [1.82, 2.24) is 4.90 Å². The number of nitrogens with zero attached hydrogens (tertiary/aromatic N) is 1. The molecule has 0 radical (unpaired) electrons. The Bertz CT molecular complexity index is 409. The minimum Gasteiger partial charge on any atom is -0.480 e. The highest BCUT2D eigenvalue weighted by Crippen LogP contribution is 2.12. The van der Waals surface area contributed by atoms with Crippen molar-refractivity contribution in [2.75, 3.05) is 18.9 Å². The molecule has 0 bridgehead atoms. The third-order valence-corrected chi connectivity index (χ3v) is 1.83. The standard InChI is InChI=1S/C10H11FN2O3/c1-13(6-9(14)15)10(16)12-8-5-3-2-4-7(8)11/h2-5H,6H2,1H3,(H,12,16)(H,14,15). The van der Waals surface area contributed by atoms with E-state index in [4.69, 9.17) is 5.11 Å². The van der Waals surface area contributed by atoms with E-state index in [0.29, 0.717) is 0 Å². The minimum absolute atomic E-state index is 0.0183. The summed E-state index contributed by atoms with van der Waals surface area (Å²) in [6, 6.07) is 4.98. The van der Waals surface area contributed by atoms with E-state index in [1.165, 1.54) is 25.2 Å². The molecule has 1 rings (SSSR count). The van der Waals surface area contributed by atoms with Crippen LogP contribution in [0.1, 0.15) is 0 Å². The Balaban J connectivity index is 2.64. The number of para-hydroxylation sites is 1. The van der Waals surface area contributed by atoms with Crippen LogP contribution >= 0.6 is 0 Å². The highest BCUT2D eigenvalue weighted by atomic mass is 19.1. The molecule has 1 aromatic rings. The zero-order chi connectivity index (χ0) is 12.1. The lowest BCUT2D eigenvalue weighted by Crippen LogP contribution is -2.35. The van der Waals surface area contributed by atoms with Crippen molar-refractivity contribution in [1.29, 1.82) is 0 Å². The number of benzene rings is 1. The van der Waals surface area contributed by atoms with Gasteiger partial charge in [0, 0.05) is 7.05 Å². The predicted octanol–water partition coefficient (Wildman–Crippen LogP) is 1.37. The molecule has 0 aromatic heterocycles. The molecule has 2 N–H and O–H groups in total. The van der Waals surface area contributed by atoms with Crippen LogP contribution in [0.4, 0.5) is 14.9 Å². The molecule has 1 aromatic carbocycles. The van der Waals surface area contributed by atoms with Crippen molar-refractivity contribution < 1.29 is 19.1 Å². The number of rotatable bonds is 3. The van der Waals surface area contributed by atoms with E-state index in [9.17, 15) is 14.0 Å². The molecule has 5 nitrogen and oxygen atoms in total. The molecule has 0 unspecified atom stereocenters. The van der Waals surface area contributed by atoms with Crippen LogP contribution in [0.25, 0.3) is 0 Å². The molecule has 0 aliphatic heterocycles. The van der Waals surface area contributed by atoms with Crippen molar-refractivity contribution in [3.63, 3.8) is 0 Å². The van der Waals surface area contributed by atoms with E-state index in [-0.39, 0.29) is 5.69 Å². The normalized spacial score (nSPS) is 9.62. The Morgan fingerprint density at radius 3 is 2.62 bits per heavy atom. The molecule has 86 valence electrons. The average Bonchev–Trinajstić information content (AvgIpc) is 2.20. The van der Waals surface area contributed by atoms with E-state index in [1.54, 1.807) is 6.07 Å². The summed E-state index contributed by atoms with van der Waals surface area (Å²) in [5.41, 5.74) is 0.0183.